The highest BCUT2D eigenvalue weighted by molar-refractivity contribution is 6.21. The fraction of sp³-hybridized carbons (Fsp3) is 0.0667. The number of benzene rings is 2. The zero-order valence-corrected chi connectivity index (χ0v) is 10.9. The van der Waals surface area contributed by atoms with E-state index >= 15 is 0 Å². The number of hydrogen-bond donors (Lipinski definition) is 4. The summed E-state index contributed by atoms with van der Waals surface area (Å²) in [5, 5.41) is 24.4. The fourth-order valence-corrected chi connectivity index (χ4v) is 2.20. The molecule has 0 aromatic heterocycles. The molecule has 6 heteroatoms. The van der Waals surface area contributed by atoms with Gasteiger partial charge in [-0.3, -0.25) is 14.9 Å². The first-order valence-corrected chi connectivity index (χ1v) is 6.29. The van der Waals surface area contributed by atoms with Crippen LogP contribution < -0.4 is 10.6 Å². The number of aromatic hydroxyl groups is 2. The van der Waals surface area contributed by atoms with Gasteiger partial charge in [-0.25, -0.2) is 0 Å². The Morgan fingerprint density at radius 2 is 1.76 bits per heavy atom. The van der Waals surface area contributed by atoms with E-state index in [0.29, 0.717) is 22.4 Å². The minimum atomic E-state index is -0.418. The molecule has 0 radical (unpaired) electrons. The summed E-state index contributed by atoms with van der Waals surface area (Å²) in [6.07, 6.45) is 0. The number of carbonyl (C=O) groups excluding carboxylic acids is 2. The second kappa shape index (κ2) is 4.82. The second-order valence-electron chi connectivity index (χ2n) is 4.68. The molecule has 1 heterocycles. The maximum absolute atomic E-state index is 11.6. The summed E-state index contributed by atoms with van der Waals surface area (Å²) in [5.74, 6) is -1.18. The molecule has 0 aliphatic carbocycles. The molecule has 2 amide bonds. The number of nitrogens with one attached hydrogen (secondary N) is 2. The molecule has 0 bridgehead atoms. The lowest BCUT2D eigenvalue weighted by molar-refractivity contribution is 0.0879. The van der Waals surface area contributed by atoms with Gasteiger partial charge in [-0.2, -0.15) is 0 Å². The molecule has 0 saturated carbocycles. The van der Waals surface area contributed by atoms with Gasteiger partial charge in [0.2, 0.25) is 0 Å². The van der Waals surface area contributed by atoms with Crippen molar-refractivity contribution in [2.45, 2.75) is 6.54 Å². The van der Waals surface area contributed by atoms with E-state index in [1.807, 2.05) is 0 Å². The van der Waals surface area contributed by atoms with Crippen LogP contribution in [0.15, 0.2) is 36.4 Å². The summed E-state index contributed by atoms with van der Waals surface area (Å²) < 4.78 is 0. The lowest BCUT2D eigenvalue weighted by Gasteiger charge is -2.09. The number of imide groups is 1. The first kappa shape index (κ1) is 13.0. The van der Waals surface area contributed by atoms with Gasteiger partial charge in [0, 0.05) is 17.8 Å². The third-order valence-electron chi connectivity index (χ3n) is 3.32. The van der Waals surface area contributed by atoms with Gasteiger partial charge in [0.05, 0.1) is 11.1 Å². The Kier molecular flexibility index (Phi) is 2.98. The molecule has 1 aliphatic heterocycles. The van der Waals surface area contributed by atoms with Gasteiger partial charge < -0.3 is 15.5 Å². The van der Waals surface area contributed by atoms with Crippen molar-refractivity contribution in [2.24, 2.45) is 0 Å². The van der Waals surface area contributed by atoms with Crippen LogP contribution in [0.5, 0.6) is 11.5 Å². The van der Waals surface area contributed by atoms with E-state index in [4.69, 9.17) is 0 Å². The lowest BCUT2D eigenvalue weighted by Crippen LogP contribution is -2.19. The molecule has 3 rings (SSSR count). The molecule has 0 unspecified atom stereocenters. The molecular weight excluding hydrogens is 272 g/mol. The van der Waals surface area contributed by atoms with Crippen molar-refractivity contribution in [1.29, 1.82) is 0 Å². The Bertz CT molecular complexity index is 755. The van der Waals surface area contributed by atoms with E-state index in [2.05, 4.69) is 10.6 Å². The van der Waals surface area contributed by atoms with Crippen molar-refractivity contribution < 1.29 is 19.8 Å². The summed E-state index contributed by atoms with van der Waals surface area (Å²) in [6, 6.07) is 9.52. The summed E-state index contributed by atoms with van der Waals surface area (Å²) in [6.45, 7) is 0.272. The lowest BCUT2D eigenvalue weighted by atomic mass is 10.1. The van der Waals surface area contributed by atoms with Crippen LogP contribution in [-0.4, -0.2) is 22.0 Å². The zero-order chi connectivity index (χ0) is 15.0. The van der Waals surface area contributed by atoms with Gasteiger partial charge >= 0.3 is 0 Å². The standard InChI is InChI=1S/C15H12N2O4/c18-12-3-1-2-8(13(12)19)7-16-9-4-5-10-11(6-9)15(21)17-14(10)20/h1-6,16,18-19H,7H2,(H,17,20,21). The first-order chi connectivity index (χ1) is 10.1. The van der Waals surface area contributed by atoms with Crippen LogP contribution in [0.1, 0.15) is 26.3 Å². The highest BCUT2D eigenvalue weighted by Gasteiger charge is 2.26. The molecule has 0 spiro atoms. The van der Waals surface area contributed by atoms with E-state index in [-0.39, 0.29) is 18.0 Å². The number of rotatable bonds is 3. The van der Waals surface area contributed by atoms with E-state index in [9.17, 15) is 19.8 Å². The van der Waals surface area contributed by atoms with Gasteiger partial charge in [0.25, 0.3) is 11.8 Å². The minimum absolute atomic E-state index is 0.181. The van der Waals surface area contributed by atoms with Crippen LogP contribution >= 0.6 is 0 Å². The Labute approximate surface area is 120 Å². The number of hydrogen-bond acceptors (Lipinski definition) is 5. The van der Waals surface area contributed by atoms with Crippen LogP contribution in [0.25, 0.3) is 0 Å². The molecule has 6 nitrogen and oxygen atoms in total. The van der Waals surface area contributed by atoms with Gasteiger partial charge in [-0.15, -0.1) is 0 Å². The van der Waals surface area contributed by atoms with Crippen molar-refractivity contribution in [3.8, 4) is 11.5 Å². The van der Waals surface area contributed by atoms with Gasteiger partial charge in [0.1, 0.15) is 0 Å². The highest BCUT2D eigenvalue weighted by atomic mass is 16.3. The average Bonchev–Trinajstić information content (AvgIpc) is 2.75. The molecule has 0 atom stereocenters. The topological polar surface area (TPSA) is 98.7 Å². The quantitative estimate of drug-likeness (QED) is 0.507. The molecule has 2 aromatic rings. The predicted octanol–water partition coefficient (Wildman–Crippen LogP) is 1.59. The van der Waals surface area contributed by atoms with Crippen LogP contribution in [0.4, 0.5) is 5.69 Å². The van der Waals surface area contributed by atoms with Crippen LogP contribution in [0.2, 0.25) is 0 Å². The minimum Gasteiger partial charge on any atom is -0.504 e. The zero-order valence-electron chi connectivity index (χ0n) is 10.9. The number of para-hydroxylation sites is 1. The fourth-order valence-electron chi connectivity index (χ4n) is 2.20. The van der Waals surface area contributed by atoms with Gasteiger partial charge in [-0.1, -0.05) is 12.1 Å². The molecule has 1 aliphatic rings. The van der Waals surface area contributed by atoms with Crippen LogP contribution in [-0.2, 0) is 6.54 Å². The van der Waals surface area contributed by atoms with Crippen molar-refractivity contribution in [3.05, 3.63) is 53.1 Å². The molecule has 21 heavy (non-hydrogen) atoms. The molecule has 0 saturated heterocycles. The summed E-state index contributed by atoms with van der Waals surface area (Å²) in [7, 11) is 0. The van der Waals surface area contributed by atoms with Gasteiger partial charge in [0.15, 0.2) is 11.5 Å². The Morgan fingerprint density at radius 1 is 1.00 bits per heavy atom. The smallest absolute Gasteiger partial charge is 0.259 e. The third-order valence-corrected chi connectivity index (χ3v) is 3.32. The molecule has 4 N–H and O–H groups in total. The largest absolute Gasteiger partial charge is 0.504 e. The molecular formula is C15H12N2O4. The number of amides is 2. The monoisotopic (exact) mass is 284 g/mol. The summed E-state index contributed by atoms with van der Waals surface area (Å²) >= 11 is 0. The first-order valence-electron chi connectivity index (χ1n) is 6.29. The van der Waals surface area contributed by atoms with Crippen LogP contribution in [0, 0.1) is 0 Å². The normalized spacial score (nSPS) is 13.0. The van der Waals surface area contributed by atoms with Crippen molar-refractivity contribution >= 4 is 17.5 Å². The van der Waals surface area contributed by atoms with Crippen LogP contribution in [0.3, 0.4) is 0 Å². The van der Waals surface area contributed by atoms with Gasteiger partial charge in [-0.05, 0) is 24.3 Å². The molecule has 106 valence electrons. The number of phenols is 2. The molecule has 0 fully saturated rings. The Hall–Kier alpha value is -3.02. The van der Waals surface area contributed by atoms with Crippen molar-refractivity contribution in [3.63, 3.8) is 0 Å². The second-order valence-corrected chi connectivity index (χ2v) is 4.68. The maximum Gasteiger partial charge on any atom is 0.259 e. The number of fused-ring (bicyclic) bond motifs is 1. The van der Waals surface area contributed by atoms with E-state index < -0.39 is 11.8 Å². The summed E-state index contributed by atoms with van der Waals surface area (Å²) in [5.41, 5.74) is 1.84. The third kappa shape index (κ3) is 2.27. The average molecular weight is 284 g/mol. The molecule has 2 aromatic carbocycles. The summed E-state index contributed by atoms with van der Waals surface area (Å²) in [4.78, 5) is 23.0. The number of anilines is 1. The SMILES string of the molecule is O=C1NC(=O)c2cc(NCc3cccc(O)c3O)ccc21. The number of carbonyl (C=O) groups is 2. The van der Waals surface area contributed by atoms with Crippen molar-refractivity contribution in [2.75, 3.05) is 5.32 Å². The Morgan fingerprint density at radius 3 is 2.57 bits per heavy atom. The number of phenolic OH excluding ortho intramolecular Hbond substituents is 2. The van der Waals surface area contributed by atoms with E-state index in [1.165, 1.54) is 6.07 Å². The predicted molar refractivity (Wildman–Crippen MR) is 75.3 cm³/mol. The van der Waals surface area contributed by atoms with E-state index in [1.54, 1.807) is 30.3 Å². The van der Waals surface area contributed by atoms with Crippen molar-refractivity contribution in [1.82, 2.24) is 5.32 Å². The maximum atomic E-state index is 11.6. The Balaban J connectivity index is 1.81. The van der Waals surface area contributed by atoms with E-state index in [0.717, 1.165) is 0 Å². The highest BCUT2D eigenvalue weighted by Crippen LogP contribution is 2.29.